The number of nitrogens with zero attached hydrogens (tertiary/aromatic N) is 2. The minimum Gasteiger partial charge on any atom is -0.505 e. The Morgan fingerprint density at radius 3 is 2.74 bits per heavy atom. The predicted molar refractivity (Wildman–Crippen MR) is 140 cm³/mol. The van der Waals surface area contributed by atoms with Crippen LogP contribution in [-0.2, 0) is 11.3 Å². The SMILES string of the molecule is COc1cc(OCC(=O)N[C@@H]2CCN(Cc3ccccc3)C2)ccc1C=NNC(=O)c1ccc(O)c(F)c1. The highest BCUT2D eigenvalue weighted by atomic mass is 19.1. The molecule has 0 spiro atoms. The van der Waals surface area contributed by atoms with Gasteiger partial charge in [0, 0.05) is 42.9 Å². The van der Waals surface area contributed by atoms with Gasteiger partial charge in [-0.3, -0.25) is 14.5 Å². The van der Waals surface area contributed by atoms with Gasteiger partial charge in [0.25, 0.3) is 11.8 Å². The Kier molecular flexibility index (Phi) is 8.89. The number of ether oxygens (including phenoxy) is 2. The first kappa shape index (κ1) is 26.6. The van der Waals surface area contributed by atoms with Crippen LogP contribution in [0.4, 0.5) is 4.39 Å². The molecule has 1 aliphatic rings. The lowest BCUT2D eigenvalue weighted by Crippen LogP contribution is -2.39. The maximum Gasteiger partial charge on any atom is 0.271 e. The third-order valence-electron chi connectivity index (χ3n) is 6.04. The maximum atomic E-state index is 13.4. The smallest absolute Gasteiger partial charge is 0.271 e. The summed E-state index contributed by atoms with van der Waals surface area (Å²) in [4.78, 5) is 26.9. The van der Waals surface area contributed by atoms with E-state index in [0.717, 1.165) is 38.2 Å². The number of rotatable bonds is 10. The van der Waals surface area contributed by atoms with E-state index in [-0.39, 0.29) is 24.1 Å². The standard InChI is InChI=1S/C28H29FN4O5/c1-37-26-14-23(9-7-21(26)15-30-32-28(36)20-8-10-25(34)24(29)13-20)38-18-27(35)31-22-11-12-33(17-22)16-19-5-3-2-4-6-19/h2-10,13-15,22,34H,11-12,16-18H2,1H3,(H,31,35)(H,32,36)/t22-/m1/s1. The Balaban J connectivity index is 1.24. The average Bonchev–Trinajstić information content (AvgIpc) is 3.36. The van der Waals surface area contributed by atoms with Gasteiger partial charge in [0.2, 0.25) is 0 Å². The number of hydrogen-bond donors (Lipinski definition) is 3. The van der Waals surface area contributed by atoms with Crippen LogP contribution in [0.3, 0.4) is 0 Å². The lowest BCUT2D eigenvalue weighted by atomic mass is 10.2. The molecule has 9 nitrogen and oxygen atoms in total. The number of phenols is 1. The van der Waals surface area contributed by atoms with Gasteiger partial charge in [-0.25, -0.2) is 9.82 Å². The number of carbonyl (C=O) groups is 2. The molecular formula is C28H29FN4O5. The van der Waals surface area contributed by atoms with Crippen LogP contribution in [0.25, 0.3) is 0 Å². The van der Waals surface area contributed by atoms with Crippen molar-refractivity contribution < 1.29 is 28.6 Å². The summed E-state index contributed by atoms with van der Waals surface area (Å²) >= 11 is 0. The number of hydrazone groups is 1. The van der Waals surface area contributed by atoms with Crippen LogP contribution < -0.4 is 20.2 Å². The van der Waals surface area contributed by atoms with Crippen molar-refractivity contribution in [1.82, 2.24) is 15.6 Å². The normalized spacial score (nSPS) is 15.4. The Bertz CT molecular complexity index is 1300. The predicted octanol–water partition coefficient (Wildman–Crippen LogP) is 3.07. The average molecular weight is 521 g/mol. The summed E-state index contributed by atoms with van der Waals surface area (Å²) in [6, 6.07) is 18.5. The molecule has 38 heavy (non-hydrogen) atoms. The van der Waals surface area contributed by atoms with Gasteiger partial charge < -0.3 is 19.9 Å². The van der Waals surface area contributed by atoms with E-state index in [1.165, 1.54) is 25.0 Å². The van der Waals surface area contributed by atoms with Gasteiger partial charge in [0.15, 0.2) is 18.2 Å². The van der Waals surface area contributed by atoms with Crippen molar-refractivity contribution in [2.24, 2.45) is 5.10 Å². The maximum absolute atomic E-state index is 13.4. The third-order valence-corrected chi connectivity index (χ3v) is 6.04. The number of phenolic OH excluding ortho intramolecular Hbond substituents is 1. The van der Waals surface area contributed by atoms with Gasteiger partial charge in [-0.05, 0) is 42.3 Å². The van der Waals surface area contributed by atoms with Gasteiger partial charge in [-0.15, -0.1) is 0 Å². The molecule has 3 aromatic carbocycles. The fourth-order valence-corrected chi connectivity index (χ4v) is 4.11. The summed E-state index contributed by atoms with van der Waals surface area (Å²) in [5.74, 6) is -1.43. The minimum atomic E-state index is -0.902. The molecule has 3 aromatic rings. The first-order valence-electron chi connectivity index (χ1n) is 12.1. The van der Waals surface area contributed by atoms with Crippen molar-refractivity contribution in [2.75, 3.05) is 26.8 Å². The van der Waals surface area contributed by atoms with Crippen molar-refractivity contribution in [1.29, 1.82) is 0 Å². The van der Waals surface area contributed by atoms with Crippen LogP contribution >= 0.6 is 0 Å². The summed E-state index contributed by atoms with van der Waals surface area (Å²) in [5.41, 5.74) is 4.09. The summed E-state index contributed by atoms with van der Waals surface area (Å²) in [5, 5.41) is 16.1. The molecule has 0 bridgehead atoms. The van der Waals surface area contributed by atoms with Crippen LogP contribution in [0.5, 0.6) is 17.2 Å². The first-order valence-corrected chi connectivity index (χ1v) is 12.1. The van der Waals surface area contributed by atoms with Crippen molar-refractivity contribution >= 4 is 18.0 Å². The van der Waals surface area contributed by atoms with Gasteiger partial charge in [-0.1, -0.05) is 30.3 Å². The van der Waals surface area contributed by atoms with Crippen molar-refractivity contribution in [2.45, 2.75) is 19.0 Å². The molecule has 0 aliphatic carbocycles. The number of amides is 2. The lowest BCUT2D eigenvalue weighted by Gasteiger charge is -2.17. The summed E-state index contributed by atoms with van der Waals surface area (Å²) in [6.07, 6.45) is 2.25. The van der Waals surface area contributed by atoms with Gasteiger partial charge in [0.1, 0.15) is 11.5 Å². The summed E-state index contributed by atoms with van der Waals surface area (Å²) in [6.45, 7) is 2.44. The molecule has 2 amide bonds. The highest BCUT2D eigenvalue weighted by Crippen LogP contribution is 2.23. The van der Waals surface area contributed by atoms with E-state index >= 15 is 0 Å². The van der Waals surface area contributed by atoms with Crippen LogP contribution in [0.15, 0.2) is 71.8 Å². The highest BCUT2D eigenvalue weighted by molar-refractivity contribution is 5.95. The highest BCUT2D eigenvalue weighted by Gasteiger charge is 2.24. The van der Waals surface area contributed by atoms with Crippen LogP contribution in [0.2, 0.25) is 0 Å². The molecule has 1 fully saturated rings. The molecule has 10 heteroatoms. The van der Waals surface area contributed by atoms with Crippen molar-refractivity contribution in [3.8, 4) is 17.2 Å². The zero-order chi connectivity index (χ0) is 26.9. The molecule has 1 saturated heterocycles. The van der Waals surface area contributed by atoms with E-state index < -0.39 is 17.5 Å². The molecule has 0 unspecified atom stereocenters. The van der Waals surface area contributed by atoms with E-state index in [4.69, 9.17) is 9.47 Å². The van der Waals surface area contributed by atoms with Crippen LogP contribution in [0.1, 0.15) is 27.9 Å². The van der Waals surface area contributed by atoms with E-state index in [0.29, 0.717) is 17.1 Å². The first-order chi connectivity index (χ1) is 18.4. The number of hydrogen-bond acceptors (Lipinski definition) is 7. The molecule has 0 aromatic heterocycles. The largest absolute Gasteiger partial charge is 0.505 e. The third kappa shape index (κ3) is 7.30. The van der Waals surface area contributed by atoms with Crippen molar-refractivity contribution in [3.63, 3.8) is 0 Å². The Hall–Kier alpha value is -4.44. The molecule has 4 rings (SSSR count). The number of carbonyl (C=O) groups excluding carboxylic acids is 2. The number of benzene rings is 3. The minimum absolute atomic E-state index is 0.00736. The number of halogens is 1. The molecule has 1 atom stereocenters. The van der Waals surface area contributed by atoms with Crippen LogP contribution in [-0.4, -0.2) is 60.9 Å². The quantitative estimate of drug-likeness (QED) is 0.280. The van der Waals surface area contributed by atoms with E-state index in [1.807, 2.05) is 18.2 Å². The molecule has 0 saturated carbocycles. The molecule has 1 heterocycles. The van der Waals surface area contributed by atoms with Gasteiger partial charge >= 0.3 is 0 Å². The van der Waals surface area contributed by atoms with Crippen LogP contribution in [0, 0.1) is 5.82 Å². The molecule has 1 aliphatic heterocycles. The second kappa shape index (κ2) is 12.7. The van der Waals surface area contributed by atoms with Crippen molar-refractivity contribution in [3.05, 3.63) is 89.2 Å². The number of likely N-dealkylation sites (tertiary alicyclic amines) is 1. The Labute approximate surface area is 219 Å². The zero-order valence-corrected chi connectivity index (χ0v) is 20.9. The van der Waals surface area contributed by atoms with E-state index in [1.54, 1.807) is 18.2 Å². The second-order valence-corrected chi connectivity index (χ2v) is 8.83. The Morgan fingerprint density at radius 2 is 1.97 bits per heavy atom. The Morgan fingerprint density at radius 1 is 1.16 bits per heavy atom. The van der Waals surface area contributed by atoms with E-state index in [2.05, 4.69) is 32.9 Å². The van der Waals surface area contributed by atoms with Gasteiger partial charge in [0.05, 0.1) is 13.3 Å². The fourth-order valence-electron chi connectivity index (χ4n) is 4.11. The molecular weight excluding hydrogens is 491 g/mol. The molecule has 198 valence electrons. The number of methoxy groups -OCH3 is 1. The monoisotopic (exact) mass is 520 g/mol. The fraction of sp³-hybridized carbons (Fsp3) is 0.250. The number of aromatic hydroxyl groups is 1. The second-order valence-electron chi connectivity index (χ2n) is 8.83. The topological polar surface area (TPSA) is 112 Å². The molecule has 3 N–H and O–H groups in total. The lowest BCUT2D eigenvalue weighted by molar-refractivity contribution is -0.123. The molecule has 0 radical (unpaired) electrons. The summed E-state index contributed by atoms with van der Waals surface area (Å²) < 4.78 is 24.5. The van der Waals surface area contributed by atoms with Gasteiger partial charge in [-0.2, -0.15) is 5.10 Å². The number of nitrogens with one attached hydrogen (secondary N) is 2. The summed E-state index contributed by atoms with van der Waals surface area (Å²) in [7, 11) is 1.47. The van der Waals surface area contributed by atoms with E-state index in [9.17, 15) is 19.1 Å². The zero-order valence-electron chi connectivity index (χ0n) is 20.9.